The van der Waals surface area contributed by atoms with Crippen LogP contribution in [-0.2, 0) is 9.53 Å². The number of nitrogens with zero attached hydrogens (tertiary/aromatic N) is 2. The first-order valence-electron chi connectivity index (χ1n) is 12.9. The van der Waals surface area contributed by atoms with E-state index in [1.807, 2.05) is 14.1 Å². The number of benzene rings is 2. The minimum absolute atomic E-state index is 0.284. The molecule has 0 radical (unpaired) electrons. The molecule has 1 N–H and O–H groups in total. The first kappa shape index (κ1) is 31.7. The van der Waals surface area contributed by atoms with E-state index >= 15 is 0 Å². The fraction of sp³-hybridized carbons (Fsp3) is 0.552. The minimum atomic E-state index is -0.758. The fourth-order valence-corrected chi connectivity index (χ4v) is 3.82. The summed E-state index contributed by atoms with van der Waals surface area (Å²) in [6.45, 7) is 5.97. The van der Waals surface area contributed by atoms with E-state index in [-0.39, 0.29) is 5.56 Å². The molecule has 1 atom stereocenters. The number of hydrogen-bond donors (Lipinski definition) is 1. The highest BCUT2D eigenvalue weighted by Crippen LogP contribution is 2.33. The average Bonchev–Trinajstić information content (AvgIpc) is 3.40. The third-order valence-electron chi connectivity index (χ3n) is 5.84. The van der Waals surface area contributed by atoms with Crippen molar-refractivity contribution in [3.05, 3.63) is 59.7 Å². The zero-order valence-electron chi connectivity index (χ0n) is 22.4. The van der Waals surface area contributed by atoms with Gasteiger partial charge in [-0.25, -0.2) is 8.78 Å². The van der Waals surface area contributed by atoms with Crippen molar-refractivity contribution >= 4 is 6.41 Å². The SMILES string of the molecule is CCCCOC.CN(C)CCCCC(O)c1cccc(F)c1-c1cccc(F)c1.O=CN1CCCC1. The molecule has 1 aliphatic heterocycles. The predicted octanol–water partition coefficient (Wildman–Crippen LogP) is 6.07. The van der Waals surface area contributed by atoms with E-state index in [1.54, 1.807) is 36.3 Å². The Morgan fingerprint density at radius 1 is 1.08 bits per heavy atom. The maximum atomic E-state index is 14.3. The molecule has 1 heterocycles. The Bertz CT molecular complexity index is 854. The van der Waals surface area contributed by atoms with Crippen LogP contribution in [0.4, 0.5) is 8.78 Å². The molecule has 1 aliphatic rings. The van der Waals surface area contributed by atoms with E-state index in [1.165, 1.54) is 43.9 Å². The molecule has 2 aromatic carbocycles. The molecule has 0 saturated carbocycles. The van der Waals surface area contributed by atoms with E-state index in [0.29, 0.717) is 17.5 Å². The molecule has 1 fully saturated rings. The lowest BCUT2D eigenvalue weighted by Crippen LogP contribution is -2.15. The summed E-state index contributed by atoms with van der Waals surface area (Å²) in [5.74, 6) is -0.863. The summed E-state index contributed by atoms with van der Waals surface area (Å²) in [7, 11) is 5.74. The van der Waals surface area contributed by atoms with E-state index < -0.39 is 17.7 Å². The van der Waals surface area contributed by atoms with Crippen LogP contribution in [0.2, 0.25) is 0 Å². The molecular weight excluding hydrogens is 462 g/mol. The minimum Gasteiger partial charge on any atom is -0.388 e. The van der Waals surface area contributed by atoms with E-state index in [9.17, 15) is 18.7 Å². The number of aliphatic hydroxyl groups excluding tert-OH is 1. The quantitative estimate of drug-likeness (QED) is 0.297. The van der Waals surface area contributed by atoms with Crippen molar-refractivity contribution in [3.8, 4) is 11.1 Å². The summed E-state index contributed by atoms with van der Waals surface area (Å²) >= 11 is 0. The number of hydrogen-bond acceptors (Lipinski definition) is 4. The standard InChI is InChI=1S/C19H23F2NO.C5H9NO.C5H12O/c1-22(2)12-4-3-11-18(23)16-9-6-10-17(21)19(16)14-7-5-8-15(20)13-14;7-5-6-3-1-2-4-6;1-3-4-5-6-2/h5-10,13,18,23H,3-4,11-12H2,1-2H3;5H,1-4H2;3-5H2,1-2H3. The first-order valence-corrected chi connectivity index (χ1v) is 12.9. The van der Waals surface area contributed by atoms with Crippen LogP contribution in [0.1, 0.15) is 63.5 Å². The zero-order valence-corrected chi connectivity index (χ0v) is 22.4. The van der Waals surface area contributed by atoms with Gasteiger partial charge in [0.25, 0.3) is 0 Å². The predicted molar refractivity (Wildman–Crippen MR) is 143 cm³/mol. The number of methoxy groups -OCH3 is 1. The van der Waals surface area contributed by atoms with Gasteiger partial charge in [-0.2, -0.15) is 0 Å². The largest absolute Gasteiger partial charge is 0.388 e. The van der Waals surface area contributed by atoms with Crippen LogP contribution in [0, 0.1) is 11.6 Å². The molecule has 0 bridgehead atoms. The molecular formula is C29H44F2N2O3. The third kappa shape index (κ3) is 12.6. The Kier molecular flexibility index (Phi) is 16.6. The van der Waals surface area contributed by atoms with Gasteiger partial charge in [-0.1, -0.05) is 37.6 Å². The Morgan fingerprint density at radius 3 is 2.31 bits per heavy atom. The van der Waals surface area contributed by atoms with Crippen LogP contribution in [0.15, 0.2) is 42.5 Å². The van der Waals surface area contributed by atoms with Crippen LogP contribution in [0.3, 0.4) is 0 Å². The Hall–Kier alpha value is -2.35. The van der Waals surface area contributed by atoms with Gasteiger partial charge in [-0.15, -0.1) is 0 Å². The summed E-state index contributed by atoms with van der Waals surface area (Å²) in [6, 6.07) is 10.4. The topological polar surface area (TPSA) is 53.0 Å². The molecule has 3 rings (SSSR count). The van der Waals surface area contributed by atoms with Crippen LogP contribution in [0.25, 0.3) is 11.1 Å². The molecule has 202 valence electrons. The Morgan fingerprint density at radius 2 is 1.78 bits per heavy atom. The molecule has 5 nitrogen and oxygen atoms in total. The Labute approximate surface area is 216 Å². The van der Waals surface area contributed by atoms with Gasteiger partial charge >= 0.3 is 0 Å². The number of aliphatic hydroxyl groups is 1. The summed E-state index contributed by atoms with van der Waals surface area (Å²) < 4.78 is 32.5. The van der Waals surface area contributed by atoms with Gasteiger partial charge in [-0.3, -0.25) is 4.79 Å². The van der Waals surface area contributed by atoms with Gasteiger partial charge in [0.1, 0.15) is 11.6 Å². The number of ether oxygens (including phenoxy) is 1. The third-order valence-corrected chi connectivity index (χ3v) is 5.84. The number of halogens is 2. The zero-order chi connectivity index (χ0) is 26.8. The molecule has 0 aliphatic carbocycles. The van der Waals surface area contributed by atoms with Crippen molar-refractivity contribution in [2.24, 2.45) is 0 Å². The lowest BCUT2D eigenvalue weighted by molar-refractivity contribution is -0.117. The van der Waals surface area contributed by atoms with E-state index in [2.05, 4.69) is 11.8 Å². The summed E-state index contributed by atoms with van der Waals surface area (Å²) in [4.78, 5) is 13.8. The maximum absolute atomic E-state index is 14.3. The number of rotatable bonds is 11. The van der Waals surface area contributed by atoms with Gasteiger partial charge < -0.3 is 19.6 Å². The van der Waals surface area contributed by atoms with Crippen molar-refractivity contribution in [3.63, 3.8) is 0 Å². The second-order valence-corrected chi connectivity index (χ2v) is 9.22. The molecule has 7 heteroatoms. The fourth-order valence-electron chi connectivity index (χ4n) is 3.82. The molecule has 0 spiro atoms. The molecule has 1 amide bonds. The normalized spacial score (nSPS) is 13.5. The number of carbonyl (C=O) groups is 1. The van der Waals surface area contributed by atoms with Gasteiger partial charge in [0.15, 0.2) is 0 Å². The molecule has 0 aromatic heterocycles. The number of unbranched alkanes of at least 4 members (excludes halogenated alkanes) is 2. The van der Waals surface area contributed by atoms with Gasteiger partial charge in [-0.05, 0) is 88.5 Å². The van der Waals surface area contributed by atoms with Gasteiger partial charge in [0.2, 0.25) is 6.41 Å². The van der Waals surface area contributed by atoms with Crippen molar-refractivity contribution in [2.75, 3.05) is 47.4 Å². The molecule has 1 unspecified atom stereocenters. The van der Waals surface area contributed by atoms with Crippen molar-refractivity contribution in [1.82, 2.24) is 9.80 Å². The van der Waals surface area contributed by atoms with Crippen molar-refractivity contribution in [2.45, 2.75) is 58.0 Å². The van der Waals surface area contributed by atoms with Gasteiger partial charge in [0.05, 0.1) is 6.10 Å². The summed E-state index contributed by atoms with van der Waals surface area (Å²) in [5, 5.41) is 10.4. The Balaban J connectivity index is 0.000000406. The maximum Gasteiger partial charge on any atom is 0.209 e. The highest BCUT2D eigenvalue weighted by molar-refractivity contribution is 5.68. The second-order valence-electron chi connectivity index (χ2n) is 9.22. The smallest absolute Gasteiger partial charge is 0.209 e. The lowest BCUT2D eigenvalue weighted by atomic mass is 9.93. The highest BCUT2D eigenvalue weighted by atomic mass is 19.1. The average molecular weight is 507 g/mol. The van der Waals surface area contributed by atoms with E-state index in [4.69, 9.17) is 4.74 Å². The molecule has 1 saturated heterocycles. The number of likely N-dealkylation sites (tertiary alicyclic amines) is 1. The number of carbonyl (C=O) groups excluding carboxylic acids is 1. The second kappa shape index (κ2) is 18.9. The monoisotopic (exact) mass is 506 g/mol. The van der Waals surface area contributed by atoms with Crippen LogP contribution >= 0.6 is 0 Å². The summed E-state index contributed by atoms with van der Waals surface area (Å²) in [5.41, 5.74) is 1.25. The lowest BCUT2D eigenvalue weighted by Gasteiger charge is -2.17. The first-order chi connectivity index (χ1) is 17.3. The molecule has 36 heavy (non-hydrogen) atoms. The van der Waals surface area contributed by atoms with Crippen molar-refractivity contribution < 1.29 is 23.4 Å². The van der Waals surface area contributed by atoms with Crippen LogP contribution in [-0.4, -0.2) is 68.8 Å². The van der Waals surface area contributed by atoms with Gasteiger partial charge in [0, 0.05) is 32.4 Å². The van der Waals surface area contributed by atoms with Crippen LogP contribution in [0.5, 0.6) is 0 Å². The highest BCUT2D eigenvalue weighted by Gasteiger charge is 2.17. The molecule has 2 aromatic rings. The summed E-state index contributed by atoms with van der Waals surface area (Å²) in [6.07, 6.45) is 7.34. The number of amides is 1. The van der Waals surface area contributed by atoms with Crippen molar-refractivity contribution in [1.29, 1.82) is 0 Å². The van der Waals surface area contributed by atoms with Crippen LogP contribution < -0.4 is 0 Å². The van der Waals surface area contributed by atoms with E-state index in [0.717, 1.165) is 45.5 Å².